The number of hydrogen-bond acceptors (Lipinski definition) is 4. The molecule has 1 saturated carbocycles. The van der Waals surface area contributed by atoms with Crippen LogP contribution in [0, 0.1) is 5.92 Å². The van der Waals surface area contributed by atoms with Crippen LogP contribution in [0.15, 0.2) is 4.99 Å². The van der Waals surface area contributed by atoms with E-state index < -0.39 is 0 Å². The molecule has 3 fully saturated rings. The van der Waals surface area contributed by atoms with Gasteiger partial charge >= 0.3 is 0 Å². The Morgan fingerprint density at radius 1 is 1.24 bits per heavy atom. The molecule has 17 heavy (non-hydrogen) atoms. The Kier molecular flexibility index (Phi) is 4.51. The maximum Gasteiger partial charge on any atom is 0.156 e. The summed E-state index contributed by atoms with van der Waals surface area (Å²) in [5.41, 5.74) is 0. The predicted octanol–water partition coefficient (Wildman–Crippen LogP) is 2.70. The normalized spacial score (nSPS) is 40.0. The van der Waals surface area contributed by atoms with Crippen LogP contribution in [0.5, 0.6) is 0 Å². The molecule has 3 atom stereocenters. The van der Waals surface area contributed by atoms with Crippen molar-refractivity contribution in [3.63, 3.8) is 0 Å². The molecule has 0 aromatic heterocycles. The molecule has 0 spiro atoms. The van der Waals surface area contributed by atoms with Crippen molar-refractivity contribution in [3.8, 4) is 0 Å². The van der Waals surface area contributed by atoms with E-state index in [0.29, 0.717) is 0 Å². The highest BCUT2D eigenvalue weighted by Crippen LogP contribution is 2.33. The highest BCUT2D eigenvalue weighted by Gasteiger charge is 2.32. The maximum absolute atomic E-state index is 4.80. The van der Waals surface area contributed by atoms with Crippen LogP contribution in [-0.4, -0.2) is 46.0 Å². The Labute approximate surface area is 117 Å². The van der Waals surface area contributed by atoms with Crippen molar-refractivity contribution in [1.29, 1.82) is 0 Å². The van der Waals surface area contributed by atoms with Gasteiger partial charge in [-0.25, -0.2) is 0 Å². The average Bonchev–Trinajstić information content (AvgIpc) is 2.85. The Hall–Kier alpha value is 0.520. The smallest absolute Gasteiger partial charge is 0.156 e. The Morgan fingerprint density at radius 3 is 3.12 bits per heavy atom. The van der Waals surface area contributed by atoms with E-state index in [1.165, 1.54) is 47.4 Å². The molecular weight excluding hydrogens is 268 g/mol. The largest absolute Gasteiger partial charge is 0.362 e. The third-order valence-corrected chi connectivity index (χ3v) is 7.67. The minimum absolute atomic E-state index is 0.739. The molecule has 0 aromatic carbocycles. The lowest BCUT2D eigenvalue weighted by atomic mass is 10.1. The summed E-state index contributed by atoms with van der Waals surface area (Å²) in [6.07, 6.45) is 4.19. The van der Waals surface area contributed by atoms with Crippen molar-refractivity contribution in [2.24, 2.45) is 10.9 Å². The van der Waals surface area contributed by atoms with E-state index in [9.17, 15) is 0 Å². The second-order valence-corrected chi connectivity index (χ2v) is 8.53. The van der Waals surface area contributed by atoms with Crippen LogP contribution in [0.25, 0.3) is 0 Å². The van der Waals surface area contributed by atoms with E-state index in [0.717, 1.165) is 23.8 Å². The summed E-state index contributed by atoms with van der Waals surface area (Å²) in [5.74, 6) is 6.14. The second kappa shape index (κ2) is 6.11. The van der Waals surface area contributed by atoms with Crippen molar-refractivity contribution in [3.05, 3.63) is 0 Å². The van der Waals surface area contributed by atoms with Gasteiger partial charge in [0.15, 0.2) is 5.17 Å². The van der Waals surface area contributed by atoms with Crippen LogP contribution in [0.1, 0.15) is 19.3 Å². The van der Waals surface area contributed by atoms with Gasteiger partial charge in [0.2, 0.25) is 0 Å². The zero-order valence-corrected chi connectivity index (χ0v) is 12.5. The molecule has 0 bridgehead atoms. The lowest BCUT2D eigenvalue weighted by Crippen LogP contribution is -2.41. The molecule has 5 heteroatoms. The topological polar surface area (TPSA) is 24.4 Å². The van der Waals surface area contributed by atoms with Crippen LogP contribution in [0.3, 0.4) is 0 Å². The van der Waals surface area contributed by atoms with E-state index in [2.05, 4.69) is 28.8 Å². The molecule has 1 aliphatic carbocycles. The maximum atomic E-state index is 4.80. The molecule has 0 amide bonds. The number of hydrogen-bond donors (Lipinski definition) is 1. The van der Waals surface area contributed by atoms with Gasteiger partial charge in [0, 0.05) is 34.3 Å². The molecule has 2 nitrogen and oxygen atoms in total. The van der Waals surface area contributed by atoms with Crippen molar-refractivity contribution in [1.82, 2.24) is 5.32 Å². The van der Waals surface area contributed by atoms with E-state index >= 15 is 0 Å². The average molecular weight is 289 g/mol. The lowest BCUT2D eigenvalue weighted by molar-refractivity contribution is 0.490. The molecule has 2 saturated heterocycles. The van der Waals surface area contributed by atoms with Gasteiger partial charge in [0.1, 0.15) is 0 Å². The third kappa shape index (κ3) is 3.29. The van der Waals surface area contributed by atoms with Gasteiger partial charge in [0.25, 0.3) is 0 Å². The minimum atomic E-state index is 0.739. The summed E-state index contributed by atoms with van der Waals surface area (Å²) in [7, 11) is 0. The Bertz CT molecular complexity index is 289. The SMILES string of the molecule is C1CC2CSC(=NCC3CSCCS3)NC2C1. The fourth-order valence-corrected chi connectivity index (χ4v) is 6.48. The quantitative estimate of drug-likeness (QED) is 0.844. The first-order valence-electron chi connectivity index (χ1n) is 6.55. The molecule has 2 aliphatic heterocycles. The highest BCUT2D eigenvalue weighted by atomic mass is 32.2. The molecule has 3 unspecified atom stereocenters. The summed E-state index contributed by atoms with van der Waals surface area (Å²) < 4.78 is 0. The fourth-order valence-electron chi connectivity index (χ4n) is 2.73. The summed E-state index contributed by atoms with van der Waals surface area (Å²) in [4.78, 5) is 4.80. The molecule has 0 radical (unpaired) electrons. The monoisotopic (exact) mass is 288 g/mol. The van der Waals surface area contributed by atoms with Crippen LogP contribution in [0.2, 0.25) is 0 Å². The van der Waals surface area contributed by atoms with Crippen LogP contribution >= 0.6 is 35.3 Å². The molecule has 2 heterocycles. The Morgan fingerprint density at radius 2 is 2.24 bits per heavy atom. The standard InChI is InChI=1S/C12H20N2S3/c1-2-9-7-17-12(14-11(9)3-1)13-6-10-8-15-4-5-16-10/h9-11H,1-8H2,(H,13,14). The first-order chi connectivity index (χ1) is 8.42. The Balaban J connectivity index is 1.50. The number of amidine groups is 1. The molecular formula is C12H20N2S3. The molecule has 1 N–H and O–H groups in total. The van der Waals surface area contributed by atoms with Gasteiger partial charge in [0.05, 0.1) is 6.54 Å². The minimum Gasteiger partial charge on any atom is -0.362 e. The van der Waals surface area contributed by atoms with Gasteiger partial charge in [-0.2, -0.15) is 23.5 Å². The van der Waals surface area contributed by atoms with E-state index in [1.807, 2.05) is 11.8 Å². The van der Waals surface area contributed by atoms with Crippen LogP contribution in [-0.2, 0) is 0 Å². The third-order valence-electron chi connectivity index (χ3n) is 3.73. The first-order valence-corrected chi connectivity index (χ1v) is 9.74. The van der Waals surface area contributed by atoms with Crippen molar-refractivity contribution < 1.29 is 0 Å². The van der Waals surface area contributed by atoms with E-state index in [1.54, 1.807) is 0 Å². The zero-order chi connectivity index (χ0) is 11.5. The van der Waals surface area contributed by atoms with E-state index in [4.69, 9.17) is 4.99 Å². The summed E-state index contributed by atoms with van der Waals surface area (Å²) >= 11 is 6.15. The van der Waals surface area contributed by atoms with Crippen molar-refractivity contribution in [2.75, 3.05) is 29.6 Å². The lowest BCUT2D eigenvalue weighted by Gasteiger charge is -2.28. The highest BCUT2D eigenvalue weighted by molar-refractivity contribution is 8.13. The van der Waals surface area contributed by atoms with Crippen molar-refractivity contribution >= 4 is 40.5 Å². The van der Waals surface area contributed by atoms with Gasteiger partial charge in [-0.3, -0.25) is 4.99 Å². The number of nitrogens with one attached hydrogen (secondary N) is 1. The van der Waals surface area contributed by atoms with Crippen LogP contribution < -0.4 is 5.32 Å². The van der Waals surface area contributed by atoms with E-state index in [-0.39, 0.29) is 0 Å². The molecule has 3 aliphatic rings. The molecule has 96 valence electrons. The zero-order valence-electron chi connectivity index (χ0n) is 10.1. The first kappa shape index (κ1) is 12.5. The number of thioether (sulfide) groups is 3. The van der Waals surface area contributed by atoms with Crippen LogP contribution in [0.4, 0.5) is 0 Å². The summed E-state index contributed by atoms with van der Waals surface area (Å²) in [5, 5.41) is 5.63. The van der Waals surface area contributed by atoms with Gasteiger partial charge in [-0.15, -0.1) is 0 Å². The van der Waals surface area contributed by atoms with Gasteiger partial charge in [-0.1, -0.05) is 18.2 Å². The predicted molar refractivity (Wildman–Crippen MR) is 82.6 cm³/mol. The fraction of sp³-hybridized carbons (Fsp3) is 0.917. The molecule has 3 rings (SSSR count). The summed E-state index contributed by atoms with van der Waals surface area (Å²) in [6.45, 7) is 1.02. The number of aliphatic imine (C=N–C) groups is 1. The number of fused-ring (bicyclic) bond motifs is 1. The molecule has 0 aromatic rings. The number of nitrogens with zero attached hydrogens (tertiary/aromatic N) is 1. The second-order valence-electron chi connectivity index (χ2n) is 4.97. The summed E-state index contributed by atoms with van der Waals surface area (Å²) in [6, 6.07) is 0.739. The number of rotatable bonds is 2. The van der Waals surface area contributed by atoms with Gasteiger partial charge < -0.3 is 5.32 Å². The van der Waals surface area contributed by atoms with Gasteiger partial charge in [-0.05, 0) is 18.8 Å². The van der Waals surface area contributed by atoms with Crippen molar-refractivity contribution in [2.45, 2.75) is 30.6 Å².